The molecule has 0 aromatic heterocycles. The highest BCUT2D eigenvalue weighted by molar-refractivity contribution is 4.97. The molecule has 0 bridgehead atoms. The van der Waals surface area contributed by atoms with Gasteiger partial charge in [0.05, 0.1) is 0 Å². The Morgan fingerprint density at radius 2 is 1.82 bits per heavy atom. The van der Waals surface area contributed by atoms with E-state index in [-0.39, 0.29) is 0 Å². The fraction of sp³-hybridized carbons (Fsp3) is 0.800. The van der Waals surface area contributed by atoms with E-state index in [1.165, 1.54) is 38.8 Å². The van der Waals surface area contributed by atoms with Gasteiger partial charge in [0.15, 0.2) is 0 Å². The molecule has 1 heteroatoms. The molecule has 1 saturated heterocycles. The number of rotatable bonds is 2. The number of nitrogens with zero attached hydrogens (tertiary/aromatic N) is 1. The minimum absolute atomic E-state index is 0.831. The van der Waals surface area contributed by atoms with E-state index in [2.05, 4.69) is 11.5 Å². The molecule has 1 spiro atoms. The van der Waals surface area contributed by atoms with Crippen molar-refractivity contribution < 1.29 is 0 Å². The molecule has 0 amide bonds. The van der Waals surface area contributed by atoms with Crippen molar-refractivity contribution >= 4 is 0 Å². The third-order valence-electron chi connectivity index (χ3n) is 3.26. The van der Waals surface area contributed by atoms with E-state index in [4.69, 9.17) is 0 Å². The summed E-state index contributed by atoms with van der Waals surface area (Å²) in [6, 6.07) is 0. The van der Waals surface area contributed by atoms with Crippen molar-refractivity contribution in [3.8, 4) is 0 Å². The summed E-state index contributed by atoms with van der Waals surface area (Å²) >= 11 is 0. The number of piperidine rings is 1. The van der Waals surface area contributed by atoms with Crippen LogP contribution in [0.15, 0.2) is 12.7 Å². The predicted octanol–water partition coefficient (Wildman–Crippen LogP) is 2.05. The molecular weight excluding hydrogens is 134 g/mol. The molecule has 1 aliphatic carbocycles. The quantitative estimate of drug-likeness (QED) is 0.546. The standard InChI is InChI=1S/C10H17N/c1-2-7-11-8-5-10(3-4-10)6-9-11/h2H,1,3-9H2. The summed E-state index contributed by atoms with van der Waals surface area (Å²) in [6.07, 6.45) is 7.93. The third kappa shape index (κ3) is 1.48. The Morgan fingerprint density at radius 3 is 2.27 bits per heavy atom. The molecule has 2 rings (SSSR count). The third-order valence-corrected chi connectivity index (χ3v) is 3.26. The molecule has 0 radical (unpaired) electrons. The molecule has 0 N–H and O–H groups in total. The van der Waals surface area contributed by atoms with Crippen molar-refractivity contribution in [2.75, 3.05) is 19.6 Å². The first-order valence-corrected chi connectivity index (χ1v) is 4.68. The molecule has 0 aromatic rings. The summed E-state index contributed by atoms with van der Waals surface area (Å²) in [5.74, 6) is 0. The van der Waals surface area contributed by atoms with Crippen molar-refractivity contribution in [1.82, 2.24) is 4.90 Å². The van der Waals surface area contributed by atoms with Crippen molar-refractivity contribution in [3.05, 3.63) is 12.7 Å². The maximum absolute atomic E-state index is 3.77. The molecule has 1 aliphatic heterocycles. The van der Waals surface area contributed by atoms with Gasteiger partial charge in [-0.2, -0.15) is 0 Å². The molecule has 62 valence electrons. The van der Waals surface area contributed by atoms with E-state index in [0.717, 1.165) is 12.0 Å². The van der Waals surface area contributed by atoms with Gasteiger partial charge in [0, 0.05) is 6.54 Å². The second kappa shape index (κ2) is 2.63. The monoisotopic (exact) mass is 151 g/mol. The van der Waals surface area contributed by atoms with Crippen LogP contribution in [0.4, 0.5) is 0 Å². The van der Waals surface area contributed by atoms with Gasteiger partial charge < -0.3 is 0 Å². The first kappa shape index (κ1) is 7.35. The highest BCUT2D eigenvalue weighted by Gasteiger charge is 2.43. The second-order valence-electron chi connectivity index (χ2n) is 4.09. The average Bonchev–Trinajstić information content (AvgIpc) is 2.76. The summed E-state index contributed by atoms with van der Waals surface area (Å²) in [7, 11) is 0. The van der Waals surface area contributed by atoms with Crippen LogP contribution in [0.1, 0.15) is 25.7 Å². The lowest BCUT2D eigenvalue weighted by Gasteiger charge is -2.31. The Morgan fingerprint density at radius 1 is 1.18 bits per heavy atom. The van der Waals surface area contributed by atoms with Crippen LogP contribution in [0.3, 0.4) is 0 Å². The summed E-state index contributed by atoms with van der Waals surface area (Å²) in [5.41, 5.74) is 0.831. The maximum atomic E-state index is 3.77. The van der Waals surface area contributed by atoms with Crippen molar-refractivity contribution in [2.45, 2.75) is 25.7 Å². The van der Waals surface area contributed by atoms with Gasteiger partial charge in [-0.15, -0.1) is 6.58 Å². The Labute approximate surface area is 69.1 Å². The Balaban J connectivity index is 1.79. The molecule has 1 nitrogen and oxygen atoms in total. The van der Waals surface area contributed by atoms with E-state index < -0.39 is 0 Å². The van der Waals surface area contributed by atoms with Gasteiger partial charge in [0.1, 0.15) is 0 Å². The normalized spacial score (nSPS) is 28.7. The molecule has 0 aromatic carbocycles. The van der Waals surface area contributed by atoms with Crippen LogP contribution in [-0.4, -0.2) is 24.5 Å². The lowest BCUT2D eigenvalue weighted by Crippen LogP contribution is -2.34. The van der Waals surface area contributed by atoms with Crippen LogP contribution >= 0.6 is 0 Å². The summed E-state index contributed by atoms with van der Waals surface area (Å²) in [5, 5.41) is 0. The molecule has 2 aliphatic rings. The lowest BCUT2D eigenvalue weighted by atomic mass is 9.94. The van der Waals surface area contributed by atoms with E-state index in [0.29, 0.717) is 0 Å². The van der Waals surface area contributed by atoms with Gasteiger partial charge in [-0.05, 0) is 44.2 Å². The summed E-state index contributed by atoms with van der Waals surface area (Å²) in [4.78, 5) is 2.51. The molecule has 0 unspecified atom stereocenters. The fourth-order valence-electron chi connectivity index (χ4n) is 2.07. The van der Waals surface area contributed by atoms with E-state index in [1.54, 1.807) is 0 Å². The predicted molar refractivity (Wildman–Crippen MR) is 47.5 cm³/mol. The smallest absolute Gasteiger partial charge is 0.0160 e. The van der Waals surface area contributed by atoms with E-state index >= 15 is 0 Å². The molecule has 2 fully saturated rings. The summed E-state index contributed by atoms with van der Waals surface area (Å²) < 4.78 is 0. The number of hydrogen-bond donors (Lipinski definition) is 0. The molecule has 0 atom stereocenters. The topological polar surface area (TPSA) is 3.24 Å². The van der Waals surface area contributed by atoms with Crippen molar-refractivity contribution in [3.63, 3.8) is 0 Å². The molecular formula is C10H17N. The van der Waals surface area contributed by atoms with E-state index in [9.17, 15) is 0 Å². The second-order valence-corrected chi connectivity index (χ2v) is 4.09. The van der Waals surface area contributed by atoms with Gasteiger partial charge in [0.25, 0.3) is 0 Å². The van der Waals surface area contributed by atoms with Crippen LogP contribution in [0.2, 0.25) is 0 Å². The Kier molecular flexibility index (Phi) is 1.76. The maximum Gasteiger partial charge on any atom is 0.0160 e. The van der Waals surface area contributed by atoms with Gasteiger partial charge >= 0.3 is 0 Å². The zero-order chi connectivity index (χ0) is 7.73. The number of likely N-dealkylation sites (tertiary alicyclic amines) is 1. The Bertz CT molecular complexity index is 148. The van der Waals surface area contributed by atoms with Crippen LogP contribution < -0.4 is 0 Å². The van der Waals surface area contributed by atoms with Gasteiger partial charge in [-0.25, -0.2) is 0 Å². The van der Waals surface area contributed by atoms with Crippen molar-refractivity contribution in [1.29, 1.82) is 0 Å². The Hall–Kier alpha value is -0.300. The van der Waals surface area contributed by atoms with E-state index in [1.807, 2.05) is 6.08 Å². The van der Waals surface area contributed by atoms with Gasteiger partial charge in [-0.1, -0.05) is 6.08 Å². The zero-order valence-electron chi connectivity index (χ0n) is 7.18. The van der Waals surface area contributed by atoms with Gasteiger partial charge in [0.2, 0.25) is 0 Å². The van der Waals surface area contributed by atoms with Crippen molar-refractivity contribution in [2.24, 2.45) is 5.41 Å². The lowest BCUT2D eigenvalue weighted by molar-refractivity contribution is 0.188. The SMILES string of the molecule is C=CCN1CCC2(CC1)CC2. The van der Waals surface area contributed by atoms with Crippen LogP contribution in [0.5, 0.6) is 0 Å². The number of hydrogen-bond acceptors (Lipinski definition) is 1. The largest absolute Gasteiger partial charge is 0.300 e. The molecule has 1 heterocycles. The van der Waals surface area contributed by atoms with Crippen LogP contribution in [-0.2, 0) is 0 Å². The zero-order valence-corrected chi connectivity index (χ0v) is 7.18. The molecule has 1 saturated carbocycles. The first-order chi connectivity index (χ1) is 5.35. The average molecular weight is 151 g/mol. The summed E-state index contributed by atoms with van der Waals surface area (Å²) in [6.45, 7) is 7.48. The molecule has 11 heavy (non-hydrogen) atoms. The highest BCUT2D eigenvalue weighted by atomic mass is 15.1. The minimum Gasteiger partial charge on any atom is -0.300 e. The fourth-order valence-corrected chi connectivity index (χ4v) is 2.07. The minimum atomic E-state index is 0.831. The van der Waals surface area contributed by atoms with Crippen LogP contribution in [0.25, 0.3) is 0 Å². The van der Waals surface area contributed by atoms with Crippen LogP contribution in [0, 0.1) is 5.41 Å². The van der Waals surface area contributed by atoms with Gasteiger partial charge in [-0.3, -0.25) is 4.90 Å². The highest BCUT2D eigenvalue weighted by Crippen LogP contribution is 2.53. The first-order valence-electron chi connectivity index (χ1n) is 4.68.